The van der Waals surface area contributed by atoms with Crippen molar-refractivity contribution in [1.29, 1.82) is 0 Å². The van der Waals surface area contributed by atoms with Gasteiger partial charge in [0.25, 0.3) is 11.2 Å². The van der Waals surface area contributed by atoms with Crippen LogP contribution in [0.4, 0.5) is 11.4 Å². The van der Waals surface area contributed by atoms with Gasteiger partial charge >= 0.3 is 0 Å². The topological polar surface area (TPSA) is 101 Å². The Kier molecular flexibility index (Phi) is 3.12. The molecule has 110 valence electrons. The maximum Gasteiger partial charge on any atom is 0.293 e. The average molecular weight is 288 g/mol. The number of hydrogen-bond donors (Lipinski definition) is 2. The Bertz CT molecular complexity index is 764. The number of nitrogens with zero attached hydrogens (tertiary/aromatic N) is 2. The van der Waals surface area contributed by atoms with E-state index in [0.717, 1.165) is 19.3 Å². The smallest absolute Gasteiger partial charge is 0.293 e. The van der Waals surface area contributed by atoms with Crippen molar-refractivity contribution in [2.45, 2.75) is 26.2 Å². The number of fused-ring (bicyclic) bond motifs is 1. The van der Waals surface area contributed by atoms with Gasteiger partial charge in [-0.3, -0.25) is 14.9 Å². The summed E-state index contributed by atoms with van der Waals surface area (Å²) in [7, 11) is 0. The minimum atomic E-state index is -0.472. The molecular weight excluding hydrogens is 272 g/mol. The van der Waals surface area contributed by atoms with E-state index >= 15 is 0 Å². The fraction of sp³-hybridized carbons (Fsp3) is 0.429. The van der Waals surface area contributed by atoms with Crippen molar-refractivity contribution in [1.82, 2.24) is 9.97 Å². The van der Waals surface area contributed by atoms with Crippen LogP contribution in [0.2, 0.25) is 0 Å². The summed E-state index contributed by atoms with van der Waals surface area (Å²) in [4.78, 5) is 28.9. The van der Waals surface area contributed by atoms with Crippen molar-refractivity contribution in [3.05, 3.63) is 38.9 Å². The minimum Gasteiger partial charge on any atom is -0.379 e. The van der Waals surface area contributed by atoms with Gasteiger partial charge in [-0.15, -0.1) is 0 Å². The normalized spacial score (nSPS) is 15.9. The number of benzene rings is 1. The number of hydrogen-bond acceptors (Lipinski definition) is 5. The van der Waals surface area contributed by atoms with Crippen LogP contribution in [0.25, 0.3) is 10.9 Å². The minimum absolute atomic E-state index is 0.0899. The largest absolute Gasteiger partial charge is 0.379 e. The number of nitro benzene ring substituents is 1. The predicted octanol–water partition coefficient (Wildman–Crippen LogP) is 2.43. The van der Waals surface area contributed by atoms with E-state index in [1.54, 1.807) is 6.07 Å². The lowest BCUT2D eigenvalue weighted by molar-refractivity contribution is -0.383. The van der Waals surface area contributed by atoms with E-state index in [9.17, 15) is 14.9 Å². The molecule has 0 bridgehead atoms. The van der Waals surface area contributed by atoms with E-state index in [1.807, 2.05) is 0 Å². The third-order valence-electron chi connectivity index (χ3n) is 4.32. The summed E-state index contributed by atoms with van der Waals surface area (Å²) in [6.45, 7) is 2.84. The van der Waals surface area contributed by atoms with Crippen molar-refractivity contribution < 1.29 is 4.92 Å². The second kappa shape index (κ2) is 4.83. The molecule has 1 aliphatic carbocycles. The van der Waals surface area contributed by atoms with Crippen molar-refractivity contribution in [3.8, 4) is 0 Å². The highest BCUT2D eigenvalue weighted by atomic mass is 16.6. The van der Waals surface area contributed by atoms with Crippen molar-refractivity contribution >= 4 is 22.3 Å². The number of nitrogens with one attached hydrogen (secondary N) is 2. The molecule has 3 rings (SSSR count). The van der Waals surface area contributed by atoms with Gasteiger partial charge in [-0.05, 0) is 30.7 Å². The zero-order valence-corrected chi connectivity index (χ0v) is 11.7. The molecule has 1 aromatic carbocycles. The lowest BCUT2D eigenvalue weighted by atomic mass is 10.0. The summed E-state index contributed by atoms with van der Waals surface area (Å²) < 4.78 is 0. The molecule has 2 aromatic rings. The number of H-pyrrole nitrogens is 1. The van der Waals surface area contributed by atoms with Crippen molar-refractivity contribution in [2.24, 2.45) is 5.41 Å². The van der Waals surface area contributed by atoms with Gasteiger partial charge in [-0.2, -0.15) is 0 Å². The van der Waals surface area contributed by atoms with Crippen LogP contribution in [-0.2, 0) is 0 Å². The molecule has 0 atom stereocenters. The molecule has 2 N–H and O–H groups in total. The highest BCUT2D eigenvalue weighted by Crippen LogP contribution is 2.48. The molecule has 0 unspecified atom stereocenters. The maximum absolute atomic E-state index is 11.7. The first-order valence-electron chi connectivity index (χ1n) is 6.94. The van der Waals surface area contributed by atoms with E-state index in [2.05, 4.69) is 22.2 Å². The Labute approximate surface area is 120 Å². The van der Waals surface area contributed by atoms with E-state index in [-0.39, 0.29) is 22.0 Å². The third-order valence-corrected chi connectivity index (χ3v) is 4.32. The van der Waals surface area contributed by atoms with E-state index < -0.39 is 4.92 Å². The van der Waals surface area contributed by atoms with Crippen molar-refractivity contribution in [3.63, 3.8) is 0 Å². The second-order valence-corrected chi connectivity index (χ2v) is 5.58. The highest BCUT2D eigenvalue weighted by Gasteiger charge is 2.40. The Morgan fingerprint density at radius 2 is 2.24 bits per heavy atom. The molecule has 0 spiro atoms. The number of anilines is 1. The quantitative estimate of drug-likeness (QED) is 0.650. The standard InChI is InChI=1S/C14H16N4O3/c1-2-14(3-4-14)7-15-11-6-10-9(5-12(11)18(20)21)13(19)17-8-16-10/h5-6,8,15H,2-4,7H2,1H3,(H,16,17,19). The first kappa shape index (κ1) is 13.5. The first-order valence-corrected chi connectivity index (χ1v) is 6.94. The Morgan fingerprint density at radius 1 is 1.48 bits per heavy atom. The van der Waals surface area contributed by atoms with Crippen LogP contribution in [0.15, 0.2) is 23.3 Å². The molecule has 0 amide bonds. The molecule has 7 nitrogen and oxygen atoms in total. The fourth-order valence-corrected chi connectivity index (χ4v) is 2.51. The molecule has 1 saturated carbocycles. The fourth-order valence-electron chi connectivity index (χ4n) is 2.51. The lowest BCUT2D eigenvalue weighted by Crippen LogP contribution is -2.15. The van der Waals surface area contributed by atoms with Crippen LogP contribution in [0, 0.1) is 15.5 Å². The van der Waals surface area contributed by atoms with Gasteiger partial charge in [0.05, 0.1) is 22.2 Å². The van der Waals surface area contributed by atoms with E-state index in [0.29, 0.717) is 17.7 Å². The second-order valence-electron chi connectivity index (χ2n) is 5.58. The van der Waals surface area contributed by atoms with Crippen LogP contribution in [0.1, 0.15) is 26.2 Å². The summed E-state index contributed by atoms with van der Waals surface area (Å²) in [6.07, 6.45) is 4.65. The van der Waals surface area contributed by atoms with Crippen LogP contribution >= 0.6 is 0 Å². The predicted molar refractivity (Wildman–Crippen MR) is 79.5 cm³/mol. The molecule has 0 saturated heterocycles. The molecule has 0 aliphatic heterocycles. The van der Waals surface area contributed by atoms with Crippen LogP contribution in [-0.4, -0.2) is 21.4 Å². The average Bonchev–Trinajstić information content (AvgIpc) is 3.25. The van der Waals surface area contributed by atoms with Crippen LogP contribution < -0.4 is 10.9 Å². The van der Waals surface area contributed by atoms with Gasteiger partial charge in [0.2, 0.25) is 0 Å². The zero-order valence-electron chi connectivity index (χ0n) is 11.7. The van der Waals surface area contributed by atoms with Gasteiger partial charge in [-0.1, -0.05) is 6.92 Å². The number of rotatable bonds is 5. The first-order chi connectivity index (χ1) is 10.0. The Hall–Kier alpha value is -2.44. The lowest BCUT2D eigenvalue weighted by Gasteiger charge is -2.14. The molecular formula is C14H16N4O3. The van der Waals surface area contributed by atoms with Gasteiger partial charge in [-0.25, -0.2) is 4.98 Å². The molecule has 1 heterocycles. The Balaban J connectivity index is 2.01. The van der Waals surface area contributed by atoms with E-state index in [4.69, 9.17) is 0 Å². The third kappa shape index (κ3) is 2.46. The van der Waals surface area contributed by atoms with E-state index in [1.165, 1.54) is 12.4 Å². The van der Waals surface area contributed by atoms with Crippen LogP contribution in [0.3, 0.4) is 0 Å². The molecule has 1 fully saturated rings. The monoisotopic (exact) mass is 288 g/mol. The molecule has 7 heteroatoms. The highest BCUT2D eigenvalue weighted by molar-refractivity contribution is 5.86. The molecule has 1 aliphatic rings. The van der Waals surface area contributed by atoms with Gasteiger partial charge in [0.15, 0.2) is 0 Å². The molecule has 1 aromatic heterocycles. The van der Waals surface area contributed by atoms with Crippen LogP contribution in [0.5, 0.6) is 0 Å². The zero-order chi connectivity index (χ0) is 15.0. The van der Waals surface area contributed by atoms with Gasteiger partial charge in [0, 0.05) is 12.6 Å². The maximum atomic E-state index is 11.7. The molecule has 21 heavy (non-hydrogen) atoms. The molecule has 0 radical (unpaired) electrons. The SMILES string of the molecule is CCC1(CNc2cc3nc[nH]c(=O)c3cc2[N+](=O)[O-])CC1. The summed E-state index contributed by atoms with van der Waals surface area (Å²) in [5.41, 5.74) is 0.679. The van der Waals surface area contributed by atoms with Crippen molar-refractivity contribution in [2.75, 3.05) is 11.9 Å². The summed E-state index contributed by atoms with van der Waals surface area (Å²) in [5.74, 6) is 0. The number of nitro groups is 1. The van der Waals surface area contributed by atoms with Gasteiger partial charge < -0.3 is 10.3 Å². The summed E-state index contributed by atoms with van der Waals surface area (Å²) in [6, 6.07) is 2.86. The number of aromatic amines is 1. The Morgan fingerprint density at radius 3 is 2.86 bits per heavy atom. The van der Waals surface area contributed by atoms with Gasteiger partial charge in [0.1, 0.15) is 5.69 Å². The summed E-state index contributed by atoms with van der Waals surface area (Å²) in [5, 5.41) is 14.6. The number of aromatic nitrogens is 2. The summed E-state index contributed by atoms with van der Waals surface area (Å²) >= 11 is 0.